The molecule has 3 rings (SSSR count). The summed E-state index contributed by atoms with van der Waals surface area (Å²) in [7, 11) is 0. The van der Waals surface area contributed by atoms with Crippen LogP contribution in [0.25, 0.3) is 0 Å². The maximum absolute atomic E-state index is 12.1. The predicted molar refractivity (Wildman–Crippen MR) is 83.6 cm³/mol. The van der Waals surface area contributed by atoms with Crippen LogP contribution in [0.15, 0.2) is 18.2 Å². The molecule has 2 aliphatic rings. The van der Waals surface area contributed by atoms with E-state index >= 15 is 0 Å². The maximum atomic E-state index is 12.1. The highest BCUT2D eigenvalue weighted by atomic mass is 16.5. The number of carbonyl (C=O) groups is 1. The minimum Gasteiger partial charge on any atom is -0.381 e. The zero-order chi connectivity index (χ0) is 14.9. The first-order valence-corrected chi connectivity index (χ1v) is 7.88. The van der Waals surface area contributed by atoms with Crippen molar-refractivity contribution in [2.24, 2.45) is 5.41 Å². The van der Waals surface area contributed by atoms with Crippen LogP contribution in [0, 0.1) is 12.3 Å². The number of carbonyl (C=O) groups excluding carboxylic acids is 1. The van der Waals surface area contributed by atoms with Crippen LogP contribution in [0.1, 0.15) is 37.3 Å². The van der Waals surface area contributed by atoms with Crippen LogP contribution in [-0.4, -0.2) is 25.3 Å². The van der Waals surface area contributed by atoms with Crippen molar-refractivity contribution in [3.05, 3.63) is 29.3 Å². The number of ether oxygens (including phenoxy) is 1. The third kappa shape index (κ3) is 3.05. The number of benzene rings is 1. The minimum atomic E-state index is -0.0886. The van der Waals surface area contributed by atoms with E-state index in [1.165, 1.54) is 11.1 Å². The van der Waals surface area contributed by atoms with Crippen LogP contribution >= 0.6 is 0 Å². The second-order valence-corrected chi connectivity index (χ2v) is 6.32. The van der Waals surface area contributed by atoms with E-state index < -0.39 is 0 Å². The fourth-order valence-corrected chi connectivity index (χ4v) is 3.34. The van der Waals surface area contributed by atoms with Gasteiger partial charge in [-0.25, -0.2) is 4.79 Å². The standard InChI is InChI=1S/C17H24N2O2/c1-3-13-10-14(5-4-12(13)2)18-16(20)19-15-11-17(15)6-8-21-9-7-17/h4-5,10,15H,3,6-9,11H2,1-2H3,(H2,18,19,20). The number of aryl methyl sites for hydroxylation is 2. The van der Waals surface area contributed by atoms with Crippen molar-refractivity contribution < 1.29 is 9.53 Å². The van der Waals surface area contributed by atoms with Gasteiger partial charge in [0.25, 0.3) is 0 Å². The third-order valence-corrected chi connectivity index (χ3v) is 4.97. The van der Waals surface area contributed by atoms with Gasteiger partial charge in [-0.15, -0.1) is 0 Å². The highest BCUT2D eigenvalue weighted by Gasteiger charge is 2.55. The lowest BCUT2D eigenvalue weighted by atomic mass is 9.96. The summed E-state index contributed by atoms with van der Waals surface area (Å²) < 4.78 is 5.40. The number of nitrogens with one attached hydrogen (secondary N) is 2. The molecule has 1 saturated heterocycles. The van der Waals surface area contributed by atoms with E-state index in [9.17, 15) is 4.79 Å². The number of amides is 2. The van der Waals surface area contributed by atoms with E-state index in [0.717, 1.165) is 44.6 Å². The van der Waals surface area contributed by atoms with Gasteiger partial charge in [0.1, 0.15) is 0 Å². The highest BCUT2D eigenvalue weighted by Crippen LogP contribution is 2.53. The topological polar surface area (TPSA) is 50.4 Å². The molecule has 2 fully saturated rings. The summed E-state index contributed by atoms with van der Waals surface area (Å²) in [5.41, 5.74) is 3.74. The molecule has 2 amide bonds. The summed E-state index contributed by atoms with van der Waals surface area (Å²) in [6.07, 6.45) is 4.22. The van der Waals surface area contributed by atoms with Crippen molar-refractivity contribution in [2.75, 3.05) is 18.5 Å². The molecule has 4 nitrogen and oxygen atoms in total. The molecule has 1 aliphatic carbocycles. The normalized spacial score (nSPS) is 22.9. The molecular formula is C17H24N2O2. The van der Waals surface area contributed by atoms with Crippen LogP contribution < -0.4 is 10.6 Å². The van der Waals surface area contributed by atoms with Gasteiger partial charge in [0, 0.05) is 24.9 Å². The smallest absolute Gasteiger partial charge is 0.319 e. The highest BCUT2D eigenvalue weighted by molar-refractivity contribution is 5.89. The average molecular weight is 288 g/mol. The number of anilines is 1. The maximum Gasteiger partial charge on any atom is 0.319 e. The number of hydrogen-bond acceptors (Lipinski definition) is 2. The first-order valence-electron chi connectivity index (χ1n) is 7.88. The summed E-state index contributed by atoms with van der Waals surface area (Å²) in [6, 6.07) is 6.31. The summed E-state index contributed by atoms with van der Waals surface area (Å²) in [6.45, 7) is 5.89. The van der Waals surface area contributed by atoms with Gasteiger partial charge in [0.05, 0.1) is 0 Å². The van der Waals surface area contributed by atoms with Gasteiger partial charge in [-0.05, 0) is 61.3 Å². The van der Waals surface area contributed by atoms with Crippen molar-refractivity contribution in [3.63, 3.8) is 0 Å². The molecule has 114 valence electrons. The Morgan fingerprint density at radius 3 is 2.86 bits per heavy atom. The molecule has 0 radical (unpaired) electrons. The van der Waals surface area contributed by atoms with Crippen molar-refractivity contribution in [1.82, 2.24) is 5.32 Å². The Labute approximate surface area is 126 Å². The lowest BCUT2D eigenvalue weighted by Gasteiger charge is -2.23. The largest absolute Gasteiger partial charge is 0.381 e. The van der Waals surface area contributed by atoms with E-state index in [1.54, 1.807) is 0 Å². The molecule has 1 heterocycles. The molecule has 1 aromatic rings. The Kier molecular flexibility index (Phi) is 3.89. The SMILES string of the molecule is CCc1cc(NC(=O)NC2CC23CCOCC3)ccc1C. The molecule has 1 spiro atoms. The zero-order valence-electron chi connectivity index (χ0n) is 12.9. The number of urea groups is 1. The Morgan fingerprint density at radius 1 is 1.38 bits per heavy atom. The lowest BCUT2D eigenvalue weighted by Crippen LogP contribution is -2.35. The van der Waals surface area contributed by atoms with Gasteiger partial charge < -0.3 is 15.4 Å². The molecule has 0 bridgehead atoms. The molecule has 1 aliphatic heterocycles. The summed E-state index contributed by atoms with van der Waals surface area (Å²) >= 11 is 0. The van der Waals surface area contributed by atoms with Gasteiger partial charge in [-0.1, -0.05) is 13.0 Å². The minimum absolute atomic E-state index is 0.0886. The Balaban J connectivity index is 1.55. The van der Waals surface area contributed by atoms with Crippen LogP contribution in [0.5, 0.6) is 0 Å². The van der Waals surface area contributed by atoms with Gasteiger partial charge in [0.15, 0.2) is 0 Å². The average Bonchev–Trinajstić information content (AvgIpc) is 3.12. The van der Waals surface area contributed by atoms with Gasteiger partial charge in [-0.2, -0.15) is 0 Å². The van der Waals surface area contributed by atoms with E-state index in [0.29, 0.717) is 11.5 Å². The Bertz CT molecular complexity index is 536. The molecule has 21 heavy (non-hydrogen) atoms. The number of rotatable bonds is 3. The zero-order valence-corrected chi connectivity index (χ0v) is 12.9. The van der Waals surface area contributed by atoms with Crippen LogP contribution in [-0.2, 0) is 11.2 Å². The Morgan fingerprint density at radius 2 is 2.14 bits per heavy atom. The van der Waals surface area contributed by atoms with Crippen molar-refractivity contribution in [1.29, 1.82) is 0 Å². The fourth-order valence-electron chi connectivity index (χ4n) is 3.34. The molecule has 4 heteroatoms. The number of hydrogen-bond donors (Lipinski definition) is 2. The molecule has 1 saturated carbocycles. The van der Waals surface area contributed by atoms with Crippen LogP contribution in [0.2, 0.25) is 0 Å². The monoisotopic (exact) mass is 288 g/mol. The van der Waals surface area contributed by atoms with E-state index in [-0.39, 0.29) is 6.03 Å². The van der Waals surface area contributed by atoms with Gasteiger partial charge in [-0.3, -0.25) is 0 Å². The molecule has 0 aromatic heterocycles. The van der Waals surface area contributed by atoms with Crippen LogP contribution in [0.4, 0.5) is 10.5 Å². The fraction of sp³-hybridized carbons (Fsp3) is 0.588. The second kappa shape index (κ2) is 5.68. The Hall–Kier alpha value is -1.55. The van der Waals surface area contributed by atoms with Crippen molar-refractivity contribution in [2.45, 2.75) is 45.6 Å². The van der Waals surface area contributed by atoms with Gasteiger partial charge >= 0.3 is 6.03 Å². The first kappa shape index (κ1) is 14.4. The van der Waals surface area contributed by atoms with E-state index in [4.69, 9.17) is 4.74 Å². The molecule has 1 unspecified atom stereocenters. The van der Waals surface area contributed by atoms with E-state index in [1.807, 2.05) is 6.07 Å². The van der Waals surface area contributed by atoms with Crippen molar-refractivity contribution in [3.8, 4) is 0 Å². The lowest BCUT2D eigenvalue weighted by molar-refractivity contribution is 0.0548. The van der Waals surface area contributed by atoms with Gasteiger partial charge in [0.2, 0.25) is 0 Å². The summed E-state index contributed by atoms with van der Waals surface area (Å²) in [5, 5.41) is 6.07. The predicted octanol–water partition coefficient (Wildman–Crippen LogP) is 3.25. The molecule has 1 atom stereocenters. The quantitative estimate of drug-likeness (QED) is 0.897. The second-order valence-electron chi connectivity index (χ2n) is 6.32. The summed E-state index contributed by atoms with van der Waals surface area (Å²) in [5.74, 6) is 0. The first-order chi connectivity index (χ1) is 10.1. The van der Waals surface area contributed by atoms with E-state index in [2.05, 4.69) is 36.6 Å². The third-order valence-electron chi connectivity index (χ3n) is 4.97. The van der Waals surface area contributed by atoms with Crippen LogP contribution in [0.3, 0.4) is 0 Å². The molecular weight excluding hydrogens is 264 g/mol. The summed E-state index contributed by atoms with van der Waals surface area (Å²) in [4.78, 5) is 12.1. The molecule has 2 N–H and O–H groups in total. The molecule has 1 aromatic carbocycles. The van der Waals surface area contributed by atoms with Crippen molar-refractivity contribution >= 4 is 11.7 Å².